The van der Waals surface area contributed by atoms with E-state index in [0.29, 0.717) is 6.61 Å². The Morgan fingerprint density at radius 3 is 2.40 bits per heavy atom. The predicted molar refractivity (Wildman–Crippen MR) is 117 cm³/mol. The molecule has 0 bridgehead atoms. The van der Waals surface area contributed by atoms with E-state index in [-0.39, 0.29) is 18.2 Å². The molecular weight excluding hydrogens is 382 g/mol. The molecule has 2 unspecified atom stereocenters. The number of ether oxygens (including phenoxy) is 4. The van der Waals surface area contributed by atoms with Crippen molar-refractivity contribution < 1.29 is 24.1 Å². The molecule has 6 nitrogen and oxygen atoms in total. The Bertz CT molecular complexity index is 510. The molecule has 3 saturated heterocycles. The molecule has 3 rings (SSSR count). The van der Waals surface area contributed by atoms with Crippen molar-refractivity contribution in [1.82, 2.24) is 5.32 Å². The average Bonchev–Trinajstić information content (AvgIpc) is 3.11. The lowest BCUT2D eigenvalue weighted by atomic mass is 9.90. The number of piperidine rings is 1. The molecule has 0 amide bonds. The lowest BCUT2D eigenvalue weighted by Gasteiger charge is -2.41. The number of hydrogen-bond acceptors (Lipinski definition) is 6. The molecule has 2 N–H and O–H groups in total. The Balaban J connectivity index is 1.59. The first-order valence-electron chi connectivity index (χ1n) is 12.5. The molecule has 0 aromatic carbocycles. The summed E-state index contributed by atoms with van der Waals surface area (Å²) in [5, 5.41) is 14.4. The van der Waals surface area contributed by atoms with Gasteiger partial charge in [-0.25, -0.2) is 0 Å². The van der Waals surface area contributed by atoms with Crippen LogP contribution in [0.1, 0.15) is 98.3 Å². The normalized spacial score (nSPS) is 36.7. The van der Waals surface area contributed by atoms with Crippen LogP contribution in [0.15, 0.2) is 0 Å². The van der Waals surface area contributed by atoms with E-state index in [2.05, 4.69) is 12.2 Å². The molecule has 6 heteroatoms. The fourth-order valence-electron chi connectivity index (χ4n) is 5.24. The van der Waals surface area contributed by atoms with Crippen LogP contribution in [0, 0.1) is 0 Å². The smallest absolute Gasteiger partial charge is 0.229 e. The molecule has 0 saturated carbocycles. The highest BCUT2D eigenvalue weighted by Crippen LogP contribution is 2.49. The standard InChI is InChI=1S/C24H45NO5/c1-5-6-7-8-9-10-11-14-17-27-21(19-15-12-13-16-25-19)24-22(20(26)18(2)28-24)29-23(3,4)30-24/h18-22,25-26H,5-17H2,1-4H3/t18-,19?,20+,21?,22-,24-/m0/s1. The summed E-state index contributed by atoms with van der Waals surface area (Å²) in [5.41, 5.74) is 0. The van der Waals surface area contributed by atoms with Crippen molar-refractivity contribution >= 4 is 0 Å². The van der Waals surface area contributed by atoms with Crippen LogP contribution in [0.25, 0.3) is 0 Å². The number of aliphatic hydroxyl groups excluding tert-OH is 1. The topological polar surface area (TPSA) is 69.2 Å². The first kappa shape index (κ1) is 24.4. The zero-order valence-corrected chi connectivity index (χ0v) is 19.7. The number of unbranched alkanes of at least 4 members (excludes halogenated alkanes) is 7. The SMILES string of the molecule is CCCCCCCCCCOC(C1CCCCN1)[C@@]12O[C@@H](C)[C@@H](O)[C@@H]1OC(C)(C)O2. The van der Waals surface area contributed by atoms with Crippen LogP contribution < -0.4 is 5.32 Å². The molecule has 0 radical (unpaired) electrons. The summed E-state index contributed by atoms with van der Waals surface area (Å²) in [7, 11) is 0. The Morgan fingerprint density at radius 1 is 1.03 bits per heavy atom. The lowest BCUT2D eigenvalue weighted by Crippen LogP contribution is -2.61. The Labute approximate surface area is 183 Å². The van der Waals surface area contributed by atoms with Crippen LogP contribution in [-0.4, -0.2) is 60.3 Å². The molecule has 176 valence electrons. The molecule has 3 aliphatic heterocycles. The van der Waals surface area contributed by atoms with Crippen LogP contribution in [0.4, 0.5) is 0 Å². The van der Waals surface area contributed by atoms with Crippen LogP contribution >= 0.6 is 0 Å². The zero-order valence-electron chi connectivity index (χ0n) is 19.7. The number of hydrogen-bond donors (Lipinski definition) is 2. The van der Waals surface area contributed by atoms with Crippen molar-refractivity contribution in [3.8, 4) is 0 Å². The van der Waals surface area contributed by atoms with Gasteiger partial charge in [-0.3, -0.25) is 0 Å². The van der Waals surface area contributed by atoms with Crippen LogP contribution in [0.5, 0.6) is 0 Å². The molecule has 3 heterocycles. The van der Waals surface area contributed by atoms with Gasteiger partial charge in [0.2, 0.25) is 5.79 Å². The van der Waals surface area contributed by atoms with Gasteiger partial charge in [-0.2, -0.15) is 0 Å². The Morgan fingerprint density at radius 2 is 1.73 bits per heavy atom. The molecule has 30 heavy (non-hydrogen) atoms. The van der Waals surface area contributed by atoms with Crippen molar-refractivity contribution in [2.75, 3.05) is 13.2 Å². The van der Waals surface area contributed by atoms with Gasteiger partial charge in [-0.05, 0) is 46.6 Å². The van der Waals surface area contributed by atoms with Crippen molar-refractivity contribution in [3.63, 3.8) is 0 Å². The van der Waals surface area contributed by atoms with Crippen LogP contribution in [0.2, 0.25) is 0 Å². The van der Waals surface area contributed by atoms with Gasteiger partial charge >= 0.3 is 0 Å². The average molecular weight is 428 g/mol. The summed E-state index contributed by atoms with van der Waals surface area (Å²) >= 11 is 0. The molecule has 0 spiro atoms. The first-order chi connectivity index (χ1) is 14.4. The number of rotatable bonds is 12. The van der Waals surface area contributed by atoms with Crippen molar-refractivity contribution in [1.29, 1.82) is 0 Å². The van der Waals surface area contributed by atoms with Gasteiger partial charge in [-0.15, -0.1) is 0 Å². The minimum absolute atomic E-state index is 0.144. The Kier molecular flexibility index (Phi) is 9.00. The summed E-state index contributed by atoms with van der Waals surface area (Å²) in [6.45, 7) is 9.58. The van der Waals surface area contributed by atoms with Gasteiger partial charge in [0.25, 0.3) is 0 Å². The molecular formula is C24H45NO5. The summed E-state index contributed by atoms with van der Waals surface area (Å²) < 4.78 is 25.3. The minimum Gasteiger partial charge on any atom is -0.387 e. The van der Waals surface area contributed by atoms with E-state index in [1.54, 1.807) is 0 Å². The maximum Gasteiger partial charge on any atom is 0.229 e. The van der Waals surface area contributed by atoms with E-state index >= 15 is 0 Å². The second kappa shape index (κ2) is 11.1. The van der Waals surface area contributed by atoms with Gasteiger partial charge in [0.15, 0.2) is 5.79 Å². The van der Waals surface area contributed by atoms with Gasteiger partial charge in [0.05, 0.1) is 6.10 Å². The van der Waals surface area contributed by atoms with Crippen molar-refractivity contribution in [3.05, 3.63) is 0 Å². The monoisotopic (exact) mass is 427 g/mol. The second-order valence-corrected chi connectivity index (χ2v) is 9.90. The molecule has 0 aromatic rings. The number of fused-ring (bicyclic) bond motifs is 1. The fraction of sp³-hybridized carbons (Fsp3) is 1.00. The number of aliphatic hydroxyl groups is 1. The second-order valence-electron chi connectivity index (χ2n) is 9.90. The van der Waals surface area contributed by atoms with E-state index < -0.39 is 23.8 Å². The zero-order chi connectivity index (χ0) is 21.6. The van der Waals surface area contributed by atoms with E-state index in [4.69, 9.17) is 18.9 Å². The molecule has 3 aliphatic rings. The highest BCUT2D eigenvalue weighted by Gasteiger charge is 2.68. The van der Waals surface area contributed by atoms with E-state index in [1.807, 2.05) is 20.8 Å². The largest absolute Gasteiger partial charge is 0.387 e. The molecule has 0 aliphatic carbocycles. The summed E-state index contributed by atoms with van der Waals surface area (Å²) in [5.74, 6) is -1.86. The third-order valence-electron chi connectivity index (χ3n) is 6.78. The summed E-state index contributed by atoms with van der Waals surface area (Å²) in [6.07, 6.45) is 11.6. The predicted octanol–water partition coefficient (Wildman–Crippen LogP) is 4.28. The highest BCUT2D eigenvalue weighted by molar-refractivity contribution is 5.08. The molecule has 6 atom stereocenters. The molecule has 3 fully saturated rings. The quantitative estimate of drug-likeness (QED) is 0.453. The van der Waals surface area contributed by atoms with E-state index in [0.717, 1.165) is 19.4 Å². The fourth-order valence-corrected chi connectivity index (χ4v) is 5.24. The van der Waals surface area contributed by atoms with E-state index in [1.165, 1.54) is 57.8 Å². The van der Waals surface area contributed by atoms with Gasteiger partial charge < -0.3 is 29.4 Å². The summed E-state index contributed by atoms with van der Waals surface area (Å²) in [4.78, 5) is 0. The maximum absolute atomic E-state index is 10.7. The highest BCUT2D eigenvalue weighted by atomic mass is 16.9. The minimum atomic E-state index is -1.06. The van der Waals surface area contributed by atoms with Gasteiger partial charge in [-0.1, -0.05) is 58.3 Å². The maximum atomic E-state index is 10.7. The van der Waals surface area contributed by atoms with Crippen LogP contribution in [-0.2, 0) is 18.9 Å². The summed E-state index contributed by atoms with van der Waals surface area (Å²) in [6, 6.07) is 0.144. The van der Waals surface area contributed by atoms with E-state index in [9.17, 15) is 5.11 Å². The van der Waals surface area contributed by atoms with Gasteiger partial charge in [0, 0.05) is 12.6 Å². The van der Waals surface area contributed by atoms with Crippen molar-refractivity contribution in [2.45, 2.75) is 140 Å². The lowest BCUT2D eigenvalue weighted by molar-refractivity contribution is -0.304. The first-order valence-corrected chi connectivity index (χ1v) is 12.5. The third kappa shape index (κ3) is 5.76. The van der Waals surface area contributed by atoms with Gasteiger partial charge in [0.1, 0.15) is 18.3 Å². The third-order valence-corrected chi connectivity index (χ3v) is 6.78. The van der Waals surface area contributed by atoms with Crippen LogP contribution in [0.3, 0.4) is 0 Å². The Hall–Kier alpha value is -0.240. The molecule has 0 aromatic heterocycles. The van der Waals surface area contributed by atoms with Crippen molar-refractivity contribution in [2.24, 2.45) is 0 Å². The number of nitrogens with one attached hydrogen (secondary N) is 1.